The molecule has 0 aliphatic heterocycles. The minimum absolute atomic E-state index is 0.0303. The maximum atomic E-state index is 11.5. The third kappa shape index (κ3) is 3.52. The SMILES string of the molecule is CCC(C)C(=O)NCc1nc(C)c(C(=O)O)s1. The van der Waals surface area contributed by atoms with E-state index in [4.69, 9.17) is 5.11 Å². The average Bonchev–Trinajstić information content (AvgIpc) is 2.66. The average molecular weight is 256 g/mol. The molecule has 5 nitrogen and oxygen atoms in total. The molecule has 1 atom stereocenters. The van der Waals surface area contributed by atoms with Crippen LogP contribution in [0.3, 0.4) is 0 Å². The first-order valence-corrected chi connectivity index (χ1v) is 6.24. The largest absolute Gasteiger partial charge is 0.477 e. The first-order valence-electron chi connectivity index (χ1n) is 5.43. The van der Waals surface area contributed by atoms with Crippen molar-refractivity contribution in [1.29, 1.82) is 0 Å². The molecule has 0 bridgehead atoms. The highest BCUT2D eigenvalue weighted by molar-refractivity contribution is 7.13. The number of aryl methyl sites for hydroxylation is 1. The molecular formula is C11H16N2O3S. The first kappa shape index (κ1) is 13.6. The van der Waals surface area contributed by atoms with Crippen LogP contribution in [0.1, 0.15) is 40.6 Å². The van der Waals surface area contributed by atoms with E-state index >= 15 is 0 Å². The number of carboxylic acid groups (broad SMARTS) is 1. The fraction of sp³-hybridized carbons (Fsp3) is 0.545. The lowest BCUT2D eigenvalue weighted by molar-refractivity contribution is -0.124. The lowest BCUT2D eigenvalue weighted by Crippen LogP contribution is -2.28. The molecule has 0 saturated heterocycles. The van der Waals surface area contributed by atoms with Crippen LogP contribution in [-0.2, 0) is 11.3 Å². The molecule has 0 aromatic carbocycles. The van der Waals surface area contributed by atoms with Gasteiger partial charge in [-0.1, -0.05) is 13.8 Å². The van der Waals surface area contributed by atoms with E-state index < -0.39 is 5.97 Å². The number of nitrogens with one attached hydrogen (secondary N) is 1. The third-order valence-electron chi connectivity index (χ3n) is 2.51. The number of carbonyl (C=O) groups is 2. The summed E-state index contributed by atoms with van der Waals surface area (Å²) in [6, 6.07) is 0. The summed E-state index contributed by atoms with van der Waals surface area (Å²) in [7, 11) is 0. The molecule has 17 heavy (non-hydrogen) atoms. The van der Waals surface area contributed by atoms with E-state index in [-0.39, 0.29) is 16.7 Å². The fourth-order valence-corrected chi connectivity index (χ4v) is 2.09. The predicted octanol–water partition coefficient (Wildman–Crippen LogP) is 1.81. The Morgan fingerprint density at radius 2 is 2.18 bits per heavy atom. The topological polar surface area (TPSA) is 79.3 Å². The van der Waals surface area contributed by atoms with Gasteiger partial charge in [0.15, 0.2) is 0 Å². The quantitative estimate of drug-likeness (QED) is 0.842. The Labute approximate surface area is 104 Å². The highest BCUT2D eigenvalue weighted by Crippen LogP contribution is 2.17. The molecule has 6 heteroatoms. The van der Waals surface area contributed by atoms with Gasteiger partial charge in [0.25, 0.3) is 0 Å². The van der Waals surface area contributed by atoms with E-state index in [0.29, 0.717) is 17.2 Å². The van der Waals surface area contributed by atoms with Gasteiger partial charge in [0.1, 0.15) is 9.88 Å². The van der Waals surface area contributed by atoms with Gasteiger partial charge in [0, 0.05) is 5.92 Å². The maximum Gasteiger partial charge on any atom is 0.347 e. The molecule has 0 fully saturated rings. The number of hydrogen-bond donors (Lipinski definition) is 2. The van der Waals surface area contributed by atoms with Gasteiger partial charge < -0.3 is 10.4 Å². The van der Waals surface area contributed by atoms with Crippen LogP contribution in [0.2, 0.25) is 0 Å². The van der Waals surface area contributed by atoms with E-state index in [1.54, 1.807) is 6.92 Å². The van der Waals surface area contributed by atoms with Gasteiger partial charge in [-0.25, -0.2) is 9.78 Å². The number of aromatic nitrogens is 1. The van der Waals surface area contributed by atoms with E-state index in [0.717, 1.165) is 17.8 Å². The molecule has 1 rings (SSSR count). The van der Waals surface area contributed by atoms with Crippen LogP contribution >= 0.6 is 11.3 Å². The van der Waals surface area contributed by atoms with Gasteiger partial charge in [-0.05, 0) is 13.3 Å². The van der Waals surface area contributed by atoms with Gasteiger partial charge in [-0.2, -0.15) is 0 Å². The van der Waals surface area contributed by atoms with Crippen LogP contribution in [0.25, 0.3) is 0 Å². The van der Waals surface area contributed by atoms with E-state index in [1.165, 1.54) is 0 Å². The van der Waals surface area contributed by atoms with E-state index in [2.05, 4.69) is 10.3 Å². The van der Waals surface area contributed by atoms with E-state index in [9.17, 15) is 9.59 Å². The molecule has 0 radical (unpaired) electrons. The van der Waals surface area contributed by atoms with Crippen LogP contribution in [-0.4, -0.2) is 22.0 Å². The first-order chi connectivity index (χ1) is 7.95. The van der Waals surface area contributed by atoms with Crippen molar-refractivity contribution in [3.63, 3.8) is 0 Å². The molecule has 0 saturated carbocycles. The van der Waals surface area contributed by atoms with Gasteiger partial charge >= 0.3 is 5.97 Å². The maximum absolute atomic E-state index is 11.5. The normalized spacial score (nSPS) is 12.2. The number of amides is 1. The summed E-state index contributed by atoms with van der Waals surface area (Å²) in [4.78, 5) is 26.7. The summed E-state index contributed by atoms with van der Waals surface area (Å²) in [6.07, 6.45) is 0.781. The van der Waals surface area contributed by atoms with Crippen LogP contribution in [0.15, 0.2) is 0 Å². The number of aromatic carboxylic acids is 1. The number of carbonyl (C=O) groups excluding carboxylic acids is 1. The Hall–Kier alpha value is -1.43. The van der Waals surface area contributed by atoms with Gasteiger partial charge in [0.2, 0.25) is 5.91 Å². The van der Waals surface area contributed by atoms with Crippen LogP contribution < -0.4 is 5.32 Å². The van der Waals surface area contributed by atoms with Gasteiger partial charge in [-0.15, -0.1) is 11.3 Å². The lowest BCUT2D eigenvalue weighted by Gasteiger charge is -2.07. The Balaban J connectivity index is 2.61. The number of thiazole rings is 1. The summed E-state index contributed by atoms with van der Waals surface area (Å²) < 4.78 is 0. The number of rotatable bonds is 5. The molecule has 0 spiro atoms. The molecule has 1 amide bonds. The van der Waals surface area contributed by atoms with Crippen molar-refractivity contribution in [3.05, 3.63) is 15.6 Å². The highest BCUT2D eigenvalue weighted by Gasteiger charge is 2.15. The second kappa shape index (κ2) is 5.77. The molecule has 0 aliphatic carbocycles. The van der Waals surface area contributed by atoms with Crippen molar-refractivity contribution >= 4 is 23.2 Å². The number of carboxylic acids is 1. The Bertz CT molecular complexity index is 428. The standard InChI is InChI=1S/C11H16N2O3S/c1-4-6(2)10(14)12-5-8-13-7(3)9(17-8)11(15)16/h6H,4-5H2,1-3H3,(H,12,14)(H,15,16). The smallest absolute Gasteiger partial charge is 0.347 e. The fourth-order valence-electron chi connectivity index (χ4n) is 1.25. The summed E-state index contributed by atoms with van der Waals surface area (Å²) in [6.45, 7) is 5.74. The second-order valence-corrected chi connectivity index (χ2v) is 4.94. The third-order valence-corrected chi connectivity index (χ3v) is 3.65. The second-order valence-electron chi connectivity index (χ2n) is 3.85. The number of hydrogen-bond acceptors (Lipinski definition) is 4. The zero-order valence-electron chi connectivity index (χ0n) is 10.1. The molecule has 0 aliphatic rings. The van der Waals surface area contributed by atoms with Crippen molar-refractivity contribution in [1.82, 2.24) is 10.3 Å². The van der Waals surface area contributed by atoms with Crippen molar-refractivity contribution in [2.24, 2.45) is 5.92 Å². The molecule has 1 heterocycles. The molecule has 1 aromatic rings. The van der Waals surface area contributed by atoms with Crippen LogP contribution in [0, 0.1) is 12.8 Å². The van der Waals surface area contributed by atoms with Crippen molar-refractivity contribution in [2.75, 3.05) is 0 Å². The van der Waals surface area contributed by atoms with Crippen molar-refractivity contribution < 1.29 is 14.7 Å². The molecule has 94 valence electrons. The monoisotopic (exact) mass is 256 g/mol. The summed E-state index contributed by atoms with van der Waals surface area (Å²) in [5.74, 6) is -1.04. The van der Waals surface area contributed by atoms with Gasteiger partial charge in [-0.3, -0.25) is 4.79 Å². The van der Waals surface area contributed by atoms with E-state index in [1.807, 2.05) is 13.8 Å². The summed E-state index contributed by atoms with van der Waals surface area (Å²) in [5.41, 5.74) is 0.496. The molecule has 1 aromatic heterocycles. The highest BCUT2D eigenvalue weighted by atomic mass is 32.1. The van der Waals surface area contributed by atoms with Gasteiger partial charge in [0.05, 0.1) is 12.2 Å². The molecular weight excluding hydrogens is 240 g/mol. The summed E-state index contributed by atoms with van der Waals surface area (Å²) >= 11 is 1.10. The lowest BCUT2D eigenvalue weighted by atomic mass is 10.1. The Morgan fingerprint density at radius 1 is 1.53 bits per heavy atom. The number of nitrogens with zero attached hydrogens (tertiary/aromatic N) is 1. The zero-order valence-corrected chi connectivity index (χ0v) is 10.9. The Kier molecular flexibility index (Phi) is 4.62. The molecule has 2 N–H and O–H groups in total. The molecule has 1 unspecified atom stereocenters. The van der Waals surface area contributed by atoms with Crippen molar-refractivity contribution in [3.8, 4) is 0 Å². The zero-order chi connectivity index (χ0) is 13.0. The van der Waals surface area contributed by atoms with Crippen LogP contribution in [0.4, 0.5) is 0 Å². The predicted molar refractivity (Wildman–Crippen MR) is 65.1 cm³/mol. The van der Waals surface area contributed by atoms with Crippen LogP contribution in [0.5, 0.6) is 0 Å². The minimum atomic E-state index is -0.973. The summed E-state index contributed by atoms with van der Waals surface area (Å²) in [5, 5.41) is 12.2. The minimum Gasteiger partial charge on any atom is -0.477 e. The van der Waals surface area contributed by atoms with Crippen molar-refractivity contribution in [2.45, 2.75) is 33.7 Å². The Morgan fingerprint density at radius 3 is 2.65 bits per heavy atom.